The first-order valence-electron chi connectivity index (χ1n) is 10.0. The minimum absolute atomic E-state index is 0.274. The highest BCUT2D eigenvalue weighted by Crippen LogP contribution is 2.24. The van der Waals surface area contributed by atoms with Crippen molar-refractivity contribution >= 4 is 11.7 Å². The molecule has 0 bridgehead atoms. The maximum atomic E-state index is 12.8. The van der Waals surface area contributed by atoms with Gasteiger partial charge in [-0.2, -0.15) is 5.10 Å². The first kappa shape index (κ1) is 16.9. The lowest BCUT2D eigenvalue weighted by Gasteiger charge is -2.41. The predicted molar refractivity (Wildman–Crippen MR) is 98.8 cm³/mol. The third-order valence-electron chi connectivity index (χ3n) is 6.09. The SMILES string of the molecule is Cc1cc2n(n1)CCCN2CC(=O)N1CCN(C2CCCCC2)CC1. The number of nitrogens with zero attached hydrogens (tertiary/aromatic N) is 5. The van der Waals surface area contributed by atoms with Gasteiger partial charge in [-0.15, -0.1) is 0 Å². The molecule has 1 saturated heterocycles. The van der Waals surface area contributed by atoms with Gasteiger partial charge in [0.15, 0.2) is 0 Å². The van der Waals surface area contributed by atoms with Crippen molar-refractivity contribution in [3.8, 4) is 0 Å². The van der Waals surface area contributed by atoms with E-state index in [4.69, 9.17) is 0 Å². The molecule has 0 radical (unpaired) electrons. The number of anilines is 1. The first-order chi connectivity index (χ1) is 12.2. The van der Waals surface area contributed by atoms with Crippen LogP contribution in [0.25, 0.3) is 0 Å². The summed E-state index contributed by atoms with van der Waals surface area (Å²) in [6.07, 6.45) is 7.94. The molecule has 4 rings (SSSR count). The summed E-state index contributed by atoms with van der Waals surface area (Å²) in [5, 5.41) is 4.53. The van der Waals surface area contributed by atoms with Crippen LogP contribution in [0, 0.1) is 6.92 Å². The van der Waals surface area contributed by atoms with Gasteiger partial charge >= 0.3 is 0 Å². The molecular formula is C19H31N5O. The summed E-state index contributed by atoms with van der Waals surface area (Å²) < 4.78 is 2.05. The van der Waals surface area contributed by atoms with E-state index in [9.17, 15) is 4.79 Å². The lowest BCUT2D eigenvalue weighted by Crippen LogP contribution is -2.54. The van der Waals surface area contributed by atoms with Gasteiger partial charge in [0, 0.05) is 51.4 Å². The summed E-state index contributed by atoms with van der Waals surface area (Å²) in [4.78, 5) is 19.7. The molecule has 1 amide bonds. The Balaban J connectivity index is 1.31. The Bertz CT molecular complexity index is 599. The van der Waals surface area contributed by atoms with Crippen molar-refractivity contribution in [3.05, 3.63) is 11.8 Å². The minimum atomic E-state index is 0.274. The molecule has 1 aliphatic carbocycles. The number of hydrogen-bond donors (Lipinski definition) is 0. The van der Waals surface area contributed by atoms with Crippen LogP contribution in [-0.2, 0) is 11.3 Å². The molecule has 0 aromatic carbocycles. The van der Waals surface area contributed by atoms with E-state index in [1.165, 1.54) is 32.1 Å². The van der Waals surface area contributed by atoms with Crippen molar-refractivity contribution in [2.45, 2.75) is 58.0 Å². The fourth-order valence-electron chi connectivity index (χ4n) is 4.68. The zero-order valence-corrected chi connectivity index (χ0v) is 15.5. The molecule has 0 unspecified atom stereocenters. The van der Waals surface area contributed by atoms with Crippen molar-refractivity contribution in [1.82, 2.24) is 19.6 Å². The predicted octanol–water partition coefficient (Wildman–Crippen LogP) is 1.88. The van der Waals surface area contributed by atoms with Crippen LogP contribution < -0.4 is 4.90 Å². The van der Waals surface area contributed by atoms with Crippen LogP contribution in [0.1, 0.15) is 44.2 Å². The van der Waals surface area contributed by atoms with E-state index < -0.39 is 0 Å². The fourth-order valence-corrected chi connectivity index (χ4v) is 4.68. The van der Waals surface area contributed by atoms with Crippen molar-refractivity contribution in [1.29, 1.82) is 0 Å². The lowest BCUT2D eigenvalue weighted by atomic mass is 9.94. The maximum Gasteiger partial charge on any atom is 0.242 e. The summed E-state index contributed by atoms with van der Waals surface area (Å²) in [7, 11) is 0. The highest BCUT2D eigenvalue weighted by molar-refractivity contribution is 5.81. The monoisotopic (exact) mass is 345 g/mol. The van der Waals surface area contributed by atoms with Crippen LogP contribution >= 0.6 is 0 Å². The second-order valence-corrected chi connectivity index (χ2v) is 7.85. The molecule has 25 heavy (non-hydrogen) atoms. The number of piperazine rings is 1. The minimum Gasteiger partial charge on any atom is -0.347 e. The Morgan fingerprint density at radius 1 is 1.04 bits per heavy atom. The zero-order chi connectivity index (χ0) is 17.2. The molecule has 1 aromatic heterocycles. The Kier molecular flexibility index (Phi) is 4.97. The third-order valence-corrected chi connectivity index (χ3v) is 6.09. The van der Waals surface area contributed by atoms with E-state index in [1.807, 2.05) is 11.6 Å². The largest absolute Gasteiger partial charge is 0.347 e. The average molecular weight is 345 g/mol. The topological polar surface area (TPSA) is 44.6 Å². The zero-order valence-electron chi connectivity index (χ0n) is 15.5. The molecule has 1 saturated carbocycles. The molecule has 1 aromatic rings. The molecule has 138 valence electrons. The Hall–Kier alpha value is -1.56. The van der Waals surface area contributed by atoms with Crippen LogP contribution in [0.4, 0.5) is 5.82 Å². The number of amides is 1. The molecule has 0 N–H and O–H groups in total. The normalized spacial score (nSPS) is 22.9. The van der Waals surface area contributed by atoms with Gasteiger partial charge in [0.25, 0.3) is 0 Å². The summed E-state index contributed by atoms with van der Waals surface area (Å²) in [5.41, 5.74) is 1.04. The van der Waals surface area contributed by atoms with Crippen LogP contribution in [0.2, 0.25) is 0 Å². The fraction of sp³-hybridized carbons (Fsp3) is 0.789. The van der Waals surface area contributed by atoms with Crippen molar-refractivity contribution in [2.24, 2.45) is 0 Å². The van der Waals surface area contributed by atoms with E-state index in [0.717, 1.165) is 63.2 Å². The van der Waals surface area contributed by atoms with E-state index in [-0.39, 0.29) is 5.91 Å². The third kappa shape index (κ3) is 3.68. The van der Waals surface area contributed by atoms with Crippen LogP contribution in [0.3, 0.4) is 0 Å². The van der Waals surface area contributed by atoms with Gasteiger partial charge in [0.1, 0.15) is 5.82 Å². The summed E-state index contributed by atoms with van der Waals surface area (Å²) >= 11 is 0. The summed E-state index contributed by atoms with van der Waals surface area (Å²) in [5.74, 6) is 1.38. The molecule has 0 spiro atoms. The number of aryl methyl sites for hydroxylation is 2. The highest BCUT2D eigenvalue weighted by atomic mass is 16.2. The van der Waals surface area contributed by atoms with Gasteiger partial charge in [0.05, 0.1) is 12.2 Å². The van der Waals surface area contributed by atoms with Gasteiger partial charge in [-0.25, -0.2) is 4.68 Å². The number of carbonyl (C=O) groups excluding carboxylic acids is 1. The van der Waals surface area contributed by atoms with E-state index in [1.54, 1.807) is 0 Å². The maximum absolute atomic E-state index is 12.8. The number of hydrogen-bond acceptors (Lipinski definition) is 4. The van der Waals surface area contributed by atoms with E-state index >= 15 is 0 Å². The summed E-state index contributed by atoms with van der Waals surface area (Å²) in [6, 6.07) is 2.87. The first-order valence-corrected chi connectivity index (χ1v) is 10.0. The quantitative estimate of drug-likeness (QED) is 0.839. The molecule has 0 atom stereocenters. The van der Waals surface area contributed by atoms with Gasteiger partial charge in [0.2, 0.25) is 5.91 Å². The molecule has 2 aliphatic heterocycles. The lowest BCUT2D eigenvalue weighted by molar-refractivity contribution is -0.131. The highest BCUT2D eigenvalue weighted by Gasteiger charge is 2.28. The molecular weight excluding hydrogens is 314 g/mol. The number of rotatable bonds is 3. The van der Waals surface area contributed by atoms with Crippen LogP contribution in [0.5, 0.6) is 0 Å². The van der Waals surface area contributed by atoms with E-state index in [2.05, 4.69) is 25.9 Å². The van der Waals surface area contributed by atoms with Crippen molar-refractivity contribution in [3.63, 3.8) is 0 Å². The second-order valence-electron chi connectivity index (χ2n) is 7.85. The Labute approximate surface area is 150 Å². The molecule has 3 heterocycles. The van der Waals surface area contributed by atoms with Crippen LogP contribution in [0.15, 0.2) is 6.07 Å². The average Bonchev–Trinajstić information content (AvgIpc) is 3.04. The molecule has 3 aliphatic rings. The smallest absolute Gasteiger partial charge is 0.242 e. The van der Waals surface area contributed by atoms with Gasteiger partial charge in [-0.3, -0.25) is 9.69 Å². The molecule has 6 nitrogen and oxygen atoms in total. The van der Waals surface area contributed by atoms with Gasteiger partial charge in [-0.05, 0) is 26.2 Å². The molecule has 2 fully saturated rings. The standard InChI is InChI=1S/C19H31N5O/c1-16-14-18-23(8-5-9-24(18)20-16)15-19(25)22-12-10-21(11-13-22)17-6-3-2-4-7-17/h14,17H,2-13,15H2,1H3. The number of carbonyl (C=O) groups is 1. The van der Waals surface area contributed by atoms with Gasteiger partial charge < -0.3 is 9.80 Å². The van der Waals surface area contributed by atoms with Gasteiger partial charge in [-0.1, -0.05) is 19.3 Å². The molecule has 6 heteroatoms. The Morgan fingerprint density at radius 2 is 1.80 bits per heavy atom. The van der Waals surface area contributed by atoms with E-state index in [0.29, 0.717) is 6.54 Å². The Morgan fingerprint density at radius 3 is 2.56 bits per heavy atom. The number of aromatic nitrogens is 2. The van der Waals surface area contributed by atoms with Crippen molar-refractivity contribution in [2.75, 3.05) is 44.2 Å². The van der Waals surface area contributed by atoms with Crippen molar-refractivity contribution < 1.29 is 4.79 Å². The summed E-state index contributed by atoms with van der Waals surface area (Å²) in [6.45, 7) is 8.32. The second kappa shape index (κ2) is 7.36. The van der Waals surface area contributed by atoms with Crippen LogP contribution in [-0.4, -0.2) is 70.8 Å². The number of fused-ring (bicyclic) bond motifs is 1.